The Morgan fingerprint density at radius 1 is 1.79 bits per heavy atom. The molecule has 2 rings (SSSR count). The summed E-state index contributed by atoms with van der Waals surface area (Å²) in [5, 5.41) is 0. The number of esters is 1. The van der Waals surface area contributed by atoms with Gasteiger partial charge in [0.2, 0.25) is 0 Å². The number of methoxy groups -OCH3 is 1. The molecule has 0 atom stereocenters. The van der Waals surface area contributed by atoms with Crippen LogP contribution in [0.5, 0.6) is 0 Å². The molecule has 0 spiro atoms. The number of anilines is 1. The molecule has 1 fully saturated rings. The minimum Gasteiger partial charge on any atom is -0.464 e. The van der Waals surface area contributed by atoms with Crippen LogP contribution in [-0.2, 0) is 11.3 Å². The number of nitrogens with zero attached hydrogens (tertiary/aromatic N) is 2. The number of hydrogen-bond donors (Lipinski definition) is 1. The Morgan fingerprint density at radius 2 is 2.50 bits per heavy atom. The third-order valence-electron chi connectivity index (χ3n) is 2.41. The van der Waals surface area contributed by atoms with Crippen LogP contribution in [-0.4, -0.2) is 22.6 Å². The number of nitrogen functional groups attached to an aromatic ring is 1. The highest BCUT2D eigenvalue weighted by atomic mass is 16.5. The maximum Gasteiger partial charge on any atom is 0.360 e. The van der Waals surface area contributed by atoms with Crippen LogP contribution in [0.2, 0.25) is 0 Å². The van der Waals surface area contributed by atoms with Gasteiger partial charge >= 0.3 is 5.97 Å². The van der Waals surface area contributed by atoms with Gasteiger partial charge in [0.05, 0.1) is 13.4 Å². The topological polar surface area (TPSA) is 70.1 Å². The van der Waals surface area contributed by atoms with E-state index in [1.54, 1.807) is 6.33 Å². The van der Waals surface area contributed by atoms with Crippen LogP contribution >= 0.6 is 0 Å². The van der Waals surface area contributed by atoms with E-state index in [0.717, 1.165) is 6.54 Å². The zero-order valence-electron chi connectivity index (χ0n) is 8.06. The summed E-state index contributed by atoms with van der Waals surface area (Å²) < 4.78 is 6.37. The van der Waals surface area contributed by atoms with Gasteiger partial charge in [-0.15, -0.1) is 0 Å². The van der Waals surface area contributed by atoms with Crippen molar-refractivity contribution in [3.8, 4) is 0 Å². The molecular weight excluding hydrogens is 182 g/mol. The third kappa shape index (κ3) is 1.57. The van der Waals surface area contributed by atoms with Crippen LogP contribution in [0, 0.1) is 5.92 Å². The van der Waals surface area contributed by atoms with Crippen molar-refractivity contribution in [1.29, 1.82) is 0 Å². The van der Waals surface area contributed by atoms with Crippen molar-refractivity contribution in [2.24, 2.45) is 5.92 Å². The van der Waals surface area contributed by atoms with Crippen molar-refractivity contribution in [3.05, 3.63) is 12.0 Å². The van der Waals surface area contributed by atoms with Crippen molar-refractivity contribution in [2.45, 2.75) is 19.4 Å². The molecule has 0 unspecified atom stereocenters. The minimum absolute atomic E-state index is 0.216. The lowest BCUT2D eigenvalue weighted by molar-refractivity contribution is 0.0596. The second-order valence-electron chi connectivity index (χ2n) is 3.57. The molecule has 1 aromatic rings. The Bertz CT molecular complexity index is 355. The zero-order chi connectivity index (χ0) is 10.1. The van der Waals surface area contributed by atoms with E-state index < -0.39 is 5.97 Å². The fraction of sp³-hybridized carbons (Fsp3) is 0.556. The molecule has 1 aromatic heterocycles. The van der Waals surface area contributed by atoms with E-state index in [9.17, 15) is 4.79 Å². The lowest BCUT2D eigenvalue weighted by Gasteiger charge is -2.02. The average molecular weight is 195 g/mol. The summed E-state index contributed by atoms with van der Waals surface area (Å²) in [5.41, 5.74) is 5.97. The van der Waals surface area contributed by atoms with Gasteiger partial charge < -0.3 is 15.0 Å². The van der Waals surface area contributed by atoms with E-state index in [0.29, 0.717) is 11.7 Å². The van der Waals surface area contributed by atoms with Crippen molar-refractivity contribution in [3.63, 3.8) is 0 Å². The predicted molar refractivity (Wildman–Crippen MR) is 50.7 cm³/mol. The van der Waals surface area contributed by atoms with E-state index >= 15 is 0 Å². The summed E-state index contributed by atoms with van der Waals surface area (Å²) >= 11 is 0. The molecule has 0 aliphatic heterocycles. The predicted octanol–water partition coefficient (Wildman–Crippen LogP) is 0.662. The molecule has 0 bridgehead atoms. The van der Waals surface area contributed by atoms with E-state index in [-0.39, 0.29) is 5.69 Å². The highest BCUT2D eigenvalue weighted by molar-refractivity contribution is 5.91. The van der Waals surface area contributed by atoms with E-state index in [1.807, 2.05) is 4.57 Å². The fourth-order valence-electron chi connectivity index (χ4n) is 1.37. The summed E-state index contributed by atoms with van der Waals surface area (Å²) in [7, 11) is 1.32. The Labute approximate surface area is 81.9 Å². The van der Waals surface area contributed by atoms with Crippen LogP contribution in [0.4, 0.5) is 5.82 Å². The number of rotatable bonds is 3. The molecule has 1 aliphatic carbocycles. The Balaban J connectivity index is 2.17. The standard InChI is InChI=1S/C9H13N3O2/c1-14-9(13)7-8(10)12(5-11-7)4-6-2-3-6/h5-6H,2-4,10H2,1H3. The summed E-state index contributed by atoms with van der Waals surface area (Å²) in [4.78, 5) is 15.1. The van der Waals surface area contributed by atoms with Gasteiger partial charge in [-0.2, -0.15) is 0 Å². The number of hydrogen-bond acceptors (Lipinski definition) is 4. The second kappa shape index (κ2) is 3.32. The van der Waals surface area contributed by atoms with Gasteiger partial charge in [0.25, 0.3) is 0 Å². The molecule has 0 saturated heterocycles. The molecule has 0 radical (unpaired) electrons. The summed E-state index contributed by atoms with van der Waals surface area (Å²) in [5.74, 6) is 0.637. The quantitative estimate of drug-likeness (QED) is 0.719. The van der Waals surface area contributed by atoms with Gasteiger partial charge in [-0.25, -0.2) is 9.78 Å². The van der Waals surface area contributed by atoms with Crippen molar-refractivity contribution in [2.75, 3.05) is 12.8 Å². The molecule has 5 heteroatoms. The fourth-order valence-corrected chi connectivity index (χ4v) is 1.37. The Morgan fingerprint density at radius 3 is 3.07 bits per heavy atom. The minimum atomic E-state index is -0.475. The van der Waals surface area contributed by atoms with Gasteiger partial charge in [0.1, 0.15) is 5.82 Å². The lowest BCUT2D eigenvalue weighted by atomic mass is 10.4. The molecule has 0 amide bonds. The van der Waals surface area contributed by atoms with Crippen LogP contribution in [0.3, 0.4) is 0 Å². The number of aromatic nitrogens is 2. The first-order valence-corrected chi connectivity index (χ1v) is 4.61. The third-order valence-corrected chi connectivity index (χ3v) is 2.41. The number of imidazole rings is 1. The summed E-state index contributed by atoms with van der Waals surface area (Å²) in [6, 6.07) is 0. The molecule has 14 heavy (non-hydrogen) atoms. The number of nitrogens with two attached hydrogens (primary N) is 1. The van der Waals surface area contributed by atoms with E-state index in [2.05, 4.69) is 9.72 Å². The van der Waals surface area contributed by atoms with Gasteiger partial charge in [0.15, 0.2) is 5.69 Å². The number of carbonyl (C=O) groups excluding carboxylic acids is 1. The molecule has 2 N–H and O–H groups in total. The van der Waals surface area contributed by atoms with Gasteiger partial charge in [-0.05, 0) is 18.8 Å². The van der Waals surface area contributed by atoms with Crippen LogP contribution < -0.4 is 5.73 Å². The van der Waals surface area contributed by atoms with Gasteiger partial charge in [-0.3, -0.25) is 0 Å². The highest BCUT2D eigenvalue weighted by Gasteiger charge is 2.24. The van der Waals surface area contributed by atoms with Crippen LogP contribution in [0.1, 0.15) is 23.3 Å². The van der Waals surface area contributed by atoms with Crippen molar-refractivity contribution >= 4 is 11.8 Å². The average Bonchev–Trinajstić information content (AvgIpc) is 2.92. The number of ether oxygens (including phenoxy) is 1. The van der Waals surface area contributed by atoms with E-state index in [1.165, 1.54) is 20.0 Å². The molecular formula is C9H13N3O2. The first-order chi connectivity index (χ1) is 6.72. The van der Waals surface area contributed by atoms with Gasteiger partial charge in [0, 0.05) is 6.54 Å². The van der Waals surface area contributed by atoms with Crippen molar-refractivity contribution in [1.82, 2.24) is 9.55 Å². The Hall–Kier alpha value is -1.52. The Kier molecular flexibility index (Phi) is 2.15. The first kappa shape index (κ1) is 9.05. The molecule has 0 aromatic carbocycles. The molecule has 1 saturated carbocycles. The largest absolute Gasteiger partial charge is 0.464 e. The smallest absolute Gasteiger partial charge is 0.360 e. The monoisotopic (exact) mass is 195 g/mol. The molecule has 1 heterocycles. The summed E-state index contributed by atoms with van der Waals surface area (Å²) in [6.07, 6.45) is 4.08. The SMILES string of the molecule is COC(=O)c1ncn(CC2CC2)c1N. The first-order valence-electron chi connectivity index (χ1n) is 4.61. The molecule has 76 valence electrons. The second-order valence-corrected chi connectivity index (χ2v) is 3.57. The molecule has 5 nitrogen and oxygen atoms in total. The van der Waals surface area contributed by atoms with Crippen LogP contribution in [0.25, 0.3) is 0 Å². The zero-order valence-corrected chi connectivity index (χ0v) is 8.06. The van der Waals surface area contributed by atoms with Crippen LogP contribution in [0.15, 0.2) is 6.33 Å². The number of carbonyl (C=O) groups is 1. The maximum atomic E-state index is 11.2. The maximum absolute atomic E-state index is 11.2. The van der Waals surface area contributed by atoms with Gasteiger partial charge in [-0.1, -0.05) is 0 Å². The highest BCUT2D eigenvalue weighted by Crippen LogP contribution is 2.31. The van der Waals surface area contributed by atoms with Crippen molar-refractivity contribution < 1.29 is 9.53 Å². The molecule has 1 aliphatic rings. The van der Waals surface area contributed by atoms with E-state index in [4.69, 9.17) is 5.73 Å². The lowest BCUT2D eigenvalue weighted by Crippen LogP contribution is -2.09. The summed E-state index contributed by atoms with van der Waals surface area (Å²) in [6.45, 7) is 0.857. The normalized spacial score (nSPS) is 15.5.